The predicted molar refractivity (Wildman–Crippen MR) is 73.3 cm³/mol. The maximum absolute atomic E-state index is 12.1. The van der Waals surface area contributed by atoms with E-state index in [4.69, 9.17) is 14.7 Å². The third-order valence-corrected chi connectivity index (χ3v) is 3.79. The van der Waals surface area contributed by atoms with Crippen LogP contribution < -0.4 is 14.8 Å². The van der Waals surface area contributed by atoms with Crippen molar-refractivity contribution >= 4 is 5.91 Å². The van der Waals surface area contributed by atoms with E-state index in [1.54, 1.807) is 20.3 Å². The molecule has 5 heteroatoms. The zero-order chi connectivity index (χ0) is 14.6. The zero-order valence-corrected chi connectivity index (χ0v) is 11.7. The Balaban J connectivity index is 2.04. The average molecular weight is 274 g/mol. The van der Waals surface area contributed by atoms with Gasteiger partial charge in [-0.25, -0.2) is 0 Å². The zero-order valence-electron chi connectivity index (χ0n) is 11.7. The predicted octanol–water partition coefficient (Wildman–Crippen LogP) is 2.01. The third kappa shape index (κ3) is 2.55. The molecular formula is C15H18N2O3. The van der Waals surface area contributed by atoms with E-state index < -0.39 is 5.41 Å². The topological polar surface area (TPSA) is 71.3 Å². The molecule has 5 nitrogen and oxygen atoms in total. The van der Waals surface area contributed by atoms with Crippen LogP contribution in [0.1, 0.15) is 24.8 Å². The number of carbonyl (C=O) groups is 1. The normalized spacial score (nSPS) is 15.7. The summed E-state index contributed by atoms with van der Waals surface area (Å²) in [5.74, 6) is 1.16. The molecule has 106 valence electrons. The second kappa shape index (κ2) is 5.83. The van der Waals surface area contributed by atoms with Crippen LogP contribution in [0.3, 0.4) is 0 Å². The number of hydrogen-bond acceptors (Lipinski definition) is 4. The van der Waals surface area contributed by atoms with Gasteiger partial charge in [0, 0.05) is 18.2 Å². The van der Waals surface area contributed by atoms with Gasteiger partial charge in [-0.05, 0) is 31.4 Å². The first-order chi connectivity index (χ1) is 9.65. The van der Waals surface area contributed by atoms with Gasteiger partial charge < -0.3 is 14.8 Å². The Morgan fingerprint density at radius 3 is 2.65 bits per heavy atom. The van der Waals surface area contributed by atoms with Gasteiger partial charge in [-0.2, -0.15) is 5.26 Å². The summed E-state index contributed by atoms with van der Waals surface area (Å²) in [6.07, 6.45) is 2.23. The van der Waals surface area contributed by atoms with E-state index in [0.717, 1.165) is 12.0 Å². The molecule has 1 aromatic rings. The lowest BCUT2D eigenvalue weighted by Crippen LogP contribution is -2.44. The SMILES string of the molecule is COc1ccc(CNC(=O)C2(C#N)CCC2)c(OC)c1. The maximum atomic E-state index is 12.1. The molecule has 0 heterocycles. The van der Waals surface area contributed by atoms with E-state index in [1.807, 2.05) is 12.1 Å². The molecule has 0 spiro atoms. The number of ether oxygens (including phenoxy) is 2. The van der Waals surface area contributed by atoms with E-state index in [2.05, 4.69) is 11.4 Å². The first-order valence-electron chi connectivity index (χ1n) is 6.55. The van der Waals surface area contributed by atoms with Crippen LogP contribution in [-0.4, -0.2) is 20.1 Å². The fourth-order valence-electron chi connectivity index (χ4n) is 2.26. The van der Waals surface area contributed by atoms with Gasteiger partial charge in [0.05, 0.1) is 20.3 Å². The molecule has 1 amide bonds. The summed E-state index contributed by atoms with van der Waals surface area (Å²) in [5.41, 5.74) is 0.0359. The Hall–Kier alpha value is -2.22. The Labute approximate surface area is 118 Å². The molecule has 0 radical (unpaired) electrons. The lowest BCUT2D eigenvalue weighted by atomic mass is 9.69. The van der Waals surface area contributed by atoms with Crippen molar-refractivity contribution < 1.29 is 14.3 Å². The molecule has 0 aromatic heterocycles. The van der Waals surface area contributed by atoms with Crippen molar-refractivity contribution in [1.82, 2.24) is 5.32 Å². The van der Waals surface area contributed by atoms with Crippen molar-refractivity contribution in [3.8, 4) is 17.6 Å². The second-order valence-electron chi connectivity index (χ2n) is 4.91. The van der Waals surface area contributed by atoms with E-state index >= 15 is 0 Å². The molecule has 1 fully saturated rings. The summed E-state index contributed by atoms with van der Waals surface area (Å²) < 4.78 is 10.4. The van der Waals surface area contributed by atoms with Crippen LogP contribution in [0.5, 0.6) is 11.5 Å². The average Bonchev–Trinajstić information content (AvgIpc) is 2.44. The largest absolute Gasteiger partial charge is 0.497 e. The Morgan fingerprint density at radius 1 is 1.40 bits per heavy atom. The van der Waals surface area contributed by atoms with E-state index in [9.17, 15) is 4.79 Å². The lowest BCUT2D eigenvalue weighted by molar-refractivity contribution is -0.131. The van der Waals surface area contributed by atoms with Crippen LogP contribution in [-0.2, 0) is 11.3 Å². The number of nitrogens with one attached hydrogen (secondary N) is 1. The third-order valence-electron chi connectivity index (χ3n) is 3.79. The van der Waals surface area contributed by atoms with Crippen molar-refractivity contribution in [2.24, 2.45) is 5.41 Å². The minimum absolute atomic E-state index is 0.191. The highest BCUT2D eigenvalue weighted by Crippen LogP contribution is 2.40. The van der Waals surface area contributed by atoms with E-state index in [0.29, 0.717) is 30.9 Å². The Morgan fingerprint density at radius 2 is 2.15 bits per heavy atom. The summed E-state index contributed by atoms with van der Waals surface area (Å²) in [5, 5.41) is 11.9. The number of hydrogen-bond donors (Lipinski definition) is 1. The van der Waals surface area contributed by atoms with Crippen molar-refractivity contribution in [3.63, 3.8) is 0 Å². The molecule has 1 aliphatic rings. The van der Waals surface area contributed by atoms with Gasteiger partial charge in [-0.1, -0.05) is 0 Å². The second-order valence-corrected chi connectivity index (χ2v) is 4.91. The van der Waals surface area contributed by atoms with Gasteiger partial charge in [0.1, 0.15) is 16.9 Å². The van der Waals surface area contributed by atoms with Gasteiger partial charge in [0.25, 0.3) is 0 Å². The van der Waals surface area contributed by atoms with Crippen LogP contribution in [0.25, 0.3) is 0 Å². The van der Waals surface area contributed by atoms with Gasteiger partial charge in [0.15, 0.2) is 0 Å². The molecule has 20 heavy (non-hydrogen) atoms. The van der Waals surface area contributed by atoms with Crippen molar-refractivity contribution in [3.05, 3.63) is 23.8 Å². The van der Waals surface area contributed by atoms with Crippen molar-refractivity contribution in [2.45, 2.75) is 25.8 Å². The Kier molecular flexibility index (Phi) is 4.14. The summed E-state index contributed by atoms with van der Waals surface area (Å²) >= 11 is 0. The molecule has 1 saturated carbocycles. The van der Waals surface area contributed by atoms with E-state index in [1.165, 1.54) is 0 Å². The van der Waals surface area contributed by atoms with Crippen LogP contribution in [0, 0.1) is 16.7 Å². The van der Waals surface area contributed by atoms with E-state index in [-0.39, 0.29) is 5.91 Å². The molecule has 1 aromatic carbocycles. The first kappa shape index (κ1) is 14.2. The number of rotatable bonds is 5. The number of nitrogens with zero attached hydrogens (tertiary/aromatic N) is 1. The van der Waals surface area contributed by atoms with Crippen LogP contribution in [0.4, 0.5) is 0 Å². The summed E-state index contributed by atoms with van der Waals surface area (Å²) in [6.45, 7) is 0.343. The summed E-state index contributed by atoms with van der Waals surface area (Å²) in [6, 6.07) is 7.56. The first-order valence-corrected chi connectivity index (χ1v) is 6.55. The quantitative estimate of drug-likeness (QED) is 0.891. The molecule has 0 aliphatic heterocycles. The fraction of sp³-hybridized carbons (Fsp3) is 0.467. The fourth-order valence-corrected chi connectivity index (χ4v) is 2.26. The van der Waals surface area contributed by atoms with Crippen LogP contribution >= 0.6 is 0 Å². The molecule has 0 atom stereocenters. The van der Waals surface area contributed by atoms with Gasteiger partial charge in [-0.3, -0.25) is 4.79 Å². The number of benzene rings is 1. The Bertz CT molecular complexity index is 545. The summed E-state index contributed by atoms with van der Waals surface area (Å²) in [7, 11) is 3.16. The lowest BCUT2D eigenvalue weighted by Gasteiger charge is -2.33. The molecule has 0 unspecified atom stereocenters. The smallest absolute Gasteiger partial charge is 0.240 e. The van der Waals surface area contributed by atoms with Crippen molar-refractivity contribution in [1.29, 1.82) is 5.26 Å². The maximum Gasteiger partial charge on any atom is 0.240 e. The monoisotopic (exact) mass is 274 g/mol. The highest BCUT2D eigenvalue weighted by atomic mass is 16.5. The minimum atomic E-state index is -0.820. The standard InChI is InChI=1S/C15H18N2O3/c1-19-12-5-4-11(13(8-12)20-2)9-17-14(18)15(10-16)6-3-7-15/h4-5,8H,3,6-7,9H2,1-2H3,(H,17,18). The number of methoxy groups -OCH3 is 2. The molecule has 1 aliphatic carbocycles. The molecule has 0 saturated heterocycles. The summed E-state index contributed by atoms with van der Waals surface area (Å²) in [4.78, 5) is 12.1. The highest BCUT2D eigenvalue weighted by molar-refractivity contribution is 5.86. The molecule has 1 N–H and O–H groups in total. The van der Waals surface area contributed by atoms with Gasteiger partial charge in [-0.15, -0.1) is 0 Å². The van der Waals surface area contributed by atoms with Crippen LogP contribution in [0.2, 0.25) is 0 Å². The number of amides is 1. The van der Waals surface area contributed by atoms with Crippen molar-refractivity contribution in [2.75, 3.05) is 14.2 Å². The van der Waals surface area contributed by atoms with Gasteiger partial charge >= 0.3 is 0 Å². The van der Waals surface area contributed by atoms with Crippen LogP contribution in [0.15, 0.2) is 18.2 Å². The number of nitriles is 1. The number of carbonyl (C=O) groups excluding carboxylic acids is 1. The molecular weight excluding hydrogens is 256 g/mol. The molecule has 0 bridgehead atoms. The highest BCUT2D eigenvalue weighted by Gasteiger charge is 2.44. The minimum Gasteiger partial charge on any atom is -0.497 e. The van der Waals surface area contributed by atoms with Gasteiger partial charge in [0.2, 0.25) is 5.91 Å². The molecule has 2 rings (SSSR count).